The molecule has 0 aliphatic heterocycles. The monoisotopic (exact) mass is 350 g/mol. The Morgan fingerprint density at radius 3 is 2.24 bits per heavy atom. The van der Waals surface area contributed by atoms with E-state index in [4.69, 9.17) is 0 Å². The number of amides is 2. The van der Waals surface area contributed by atoms with E-state index in [-0.39, 0.29) is 18.9 Å². The van der Waals surface area contributed by atoms with Crippen LogP contribution in [0.2, 0.25) is 0 Å². The normalized spacial score (nSPS) is 10.4. The Hall–Kier alpha value is -2.83. The lowest BCUT2D eigenvalue weighted by atomic mass is 10.2. The lowest BCUT2D eigenvalue weighted by Gasteiger charge is -2.21. The van der Waals surface area contributed by atoms with Crippen molar-refractivity contribution in [1.82, 2.24) is 0 Å². The van der Waals surface area contributed by atoms with Gasteiger partial charge >= 0.3 is 0 Å². The van der Waals surface area contributed by atoms with Gasteiger partial charge in [-0.3, -0.25) is 9.59 Å². The largest absolute Gasteiger partial charge is 0.323 e. The van der Waals surface area contributed by atoms with Crippen LogP contribution in [-0.2, 0) is 9.59 Å². The minimum atomic E-state index is -1.65. The number of halogens is 3. The fourth-order valence-electron chi connectivity index (χ4n) is 2.24. The molecule has 0 fully saturated rings. The predicted molar refractivity (Wildman–Crippen MR) is 88.8 cm³/mol. The van der Waals surface area contributed by atoms with E-state index in [2.05, 4.69) is 5.32 Å². The fourth-order valence-corrected chi connectivity index (χ4v) is 2.24. The zero-order valence-electron chi connectivity index (χ0n) is 13.8. The molecule has 0 spiro atoms. The van der Waals surface area contributed by atoms with Gasteiger partial charge in [0.2, 0.25) is 11.8 Å². The van der Waals surface area contributed by atoms with Gasteiger partial charge in [0.05, 0.1) is 5.69 Å². The molecule has 0 bridgehead atoms. The van der Waals surface area contributed by atoms with E-state index in [0.29, 0.717) is 5.69 Å². The number of anilines is 2. The van der Waals surface area contributed by atoms with Gasteiger partial charge in [-0.2, -0.15) is 0 Å². The third kappa shape index (κ3) is 4.59. The van der Waals surface area contributed by atoms with Crippen molar-refractivity contribution in [3.8, 4) is 0 Å². The van der Waals surface area contributed by atoms with E-state index < -0.39 is 29.0 Å². The first kappa shape index (κ1) is 18.5. The molecule has 0 saturated carbocycles. The van der Waals surface area contributed by atoms with Crippen molar-refractivity contribution in [3.63, 3.8) is 0 Å². The molecule has 7 heteroatoms. The number of carbonyl (C=O) groups is 2. The van der Waals surface area contributed by atoms with E-state index in [9.17, 15) is 22.8 Å². The maximum atomic E-state index is 13.6. The minimum absolute atomic E-state index is 0.0650. The summed E-state index contributed by atoms with van der Waals surface area (Å²) in [5.74, 6) is -5.32. The molecule has 0 aliphatic carbocycles. The van der Waals surface area contributed by atoms with E-state index in [1.54, 1.807) is 12.1 Å². The van der Waals surface area contributed by atoms with E-state index in [0.717, 1.165) is 17.7 Å². The average molecular weight is 350 g/mol. The molecule has 1 N–H and O–H groups in total. The molecule has 0 aromatic heterocycles. The Bertz CT molecular complexity index is 792. The van der Waals surface area contributed by atoms with Crippen molar-refractivity contribution < 1.29 is 22.8 Å². The second-order valence-corrected chi connectivity index (χ2v) is 5.53. The maximum absolute atomic E-state index is 13.6. The van der Waals surface area contributed by atoms with Crippen LogP contribution in [0.4, 0.5) is 24.5 Å². The van der Waals surface area contributed by atoms with Crippen LogP contribution in [0.1, 0.15) is 18.9 Å². The average Bonchev–Trinajstić information content (AvgIpc) is 2.57. The van der Waals surface area contributed by atoms with Crippen molar-refractivity contribution in [1.29, 1.82) is 0 Å². The first-order valence-corrected chi connectivity index (χ1v) is 7.57. The molecule has 0 atom stereocenters. The van der Waals surface area contributed by atoms with Gasteiger partial charge in [0.15, 0.2) is 17.5 Å². The Balaban J connectivity index is 2.03. The van der Waals surface area contributed by atoms with Gasteiger partial charge in [-0.25, -0.2) is 13.2 Å². The summed E-state index contributed by atoms with van der Waals surface area (Å²) in [5.41, 5.74) is 1.21. The first-order valence-electron chi connectivity index (χ1n) is 7.57. The molecule has 132 valence electrons. The Labute approximate surface area is 143 Å². The summed E-state index contributed by atoms with van der Waals surface area (Å²) in [7, 11) is 0. The summed E-state index contributed by atoms with van der Waals surface area (Å²) < 4.78 is 39.6. The van der Waals surface area contributed by atoms with Crippen molar-refractivity contribution in [2.24, 2.45) is 0 Å². The summed E-state index contributed by atoms with van der Waals surface area (Å²) in [5, 5.41) is 2.17. The van der Waals surface area contributed by atoms with Crippen LogP contribution in [0.5, 0.6) is 0 Å². The van der Waals surface area contributed by atoms with Crippen LogP contribution < -0.4 is 10.2 Å². The topological polar surface area (TPSA) is 49.4 Å². The highest BCUT2D eigenvalue weighted by Crippen LogP contribution is 2.20. The summed E-state index contributed by atoms with van der Waals surface area (Å²) in [4.78, 5) is 25.1. The lowest BCUT2D eigenvalue weighted by molar-refractivity contribution is -0.117. The molecule has 2 rings (SSSR count). The quantitative estimate of drug-likeness (QED) is 0.834. The van der Waals surface area contributed by atoms with Gasteiger partial charge in [0.25, 0.3) is 0 Å². The van der Waals surface area contributed by atoms with Crippen molar-refractivity contribution in [2.45, 2.75) is 20.3 Å². The smallest absolute Gasteiger partial charge is 0.226 e. The zero-order valence-corrected chi connectivity index (χ0v) is 13.8. The van der Waals surface area contributed by atoms with Gasteiger partial charge in [-0.15, -0.1) is 0 Å². The van der Waals surface area contributed by atoms with Gasteiger partial charge in [-0.1, -0.05) is 17.7 Å². The molecule has 4 nitrogen and oxygen atoms in total. The number of nitrogens with zero attached hydrogens (tertiary/aromatic N) is 1. The number of hydrogen-bond donors (Lipinski definition) is 1. The van der Waals surface area contributed by atoms with E-state index >= 15 is 0 Å². The summed E-state index contributed by atoms with van der Waals surface area (Å²) >= 11 is 0. The van der Waals surface area contributed by atoms with Gasteiger partial charge in [0.1, 0.15) is 0 Å². The third-order valence-corrected chi connectivity index (χ3v) is 3.60. The fraction of sp³-hybridized carbons (Fsp3) is 0.222. The van der Waals surface area contributed by atoms with Crippen molar-refractivity contribution in [2.75, 3.05) is 16.8 Å². The highest BCUT2D eigenvalue weighted by Gasteiger charge is 2.17. The number of hydrogen-bond acceptors (Lipinski definition) is 2. The summed E-state index contributed by atoms with van der Waals surface area (Å²) in [6.45, 7) is 3.34. The number of nitrogens with one attached hydrogen (secondary N) is 1. The van der Waals surface area contributed by atoms with E-state index in [1.807, 2.05) is 19.1 Å². The van der Waals surface area contributed by atoms with Crippen molar-refractivity contribution >= 4 is 23.2 Å². The van der Waals surface area contributed by atoms with Crippen LogP contribution in [0.25, 0.3) is 0 Å². The second kappa shape index (κ2) is 7.83. The molecule has 0 heterocycles. The SMILES string of the molecule is CC(=O)N(CCC(=O)Nc1ccc(F)c(F)c1F)c1ccc(C)cc1. The van der Waals surface area contributed by atoms with Crippen LogP contribution in [-0.4, -0.2) is 18.4 Å². The van der Waals surface area contributed by atoms with E-state index in [1.165, 1.54) is 11.8 Å². The molecule has 25 heavy (non-hydrogen) atoms. The maximum Gasteiger partial charge on any atom is 0.226 e. The minimum Gasteiger partial charge on any atom is -0.323 e. The highest BCUT2D eigenvalue weighted by atomic mass is 19.2. The summed E-state index contributed by atoms with van der Waals surface area (Å²) in [6.07, 6.45) is -0.133. The van der Waals surface area contributed by atoms with Crippen LogP contribution in [0, 0.1) is 24.4 Å². The number of carbonyl (C=O) groups excluding carboxylic acids is 2. The molecule has 0 aliphatic rings. The zero-order chi connectivity index (χ0) is 18.6. The Morgan fingerprint density at radius 1 is 1.00 bits per heavy atom. The predicted octanol–water partition coefficient (Wildman–Crippen LogP) is 3.79. The number of aryl methyl sites for hydroxylation is 1. The molecule has 0 saturated heterocycles. The van der Waals surface area contributed by atoms with Gasteiger partial charge < -0.3 is 10.2 Å². The Morgan fingerprint density at radius 2 is 1.64 bits per heavy atom. The van der Waals surface area contributed by atoms with Crippen LogP contribution >= 0.6 is 0 Å². The number of benzene rings is 2. The van der Waals surface area contributed by atoms with Crippen molar-refractivity contribution in [3.05, 3.63) is 59.4 Å². The third-order valence-electron chi connectivity index (χ3n) is 3.60. The first-order chi connectivity index (χ1) is 11.8. The molecular weight excluding hydrogens is 333 g/mol. The highest BCUT2D eigenvalue weighted by molar-refractivity contribution is 5.94. The molecule has 2 aromatic rings. The Kier molecular flexibility index (Phi) is 5.80. The molecule has 0 unspecified atom stereocenters. The van der Waals surface area contributed by atoms with Gasteiger partial charge in [0, 0.05) is 25.6 Å². The van der Waals surface area contributed by atoms with Crippen LogP contribution in [0.15, 0.2) is 36.4 Å². The van der Waals surface area contributed by atoms with Crippen LogP contribution in [0.3, 0.4) is 0 Å². The molecular formula is C18H17F3N2O2. The summed E-state index contributed by atoms with van der Waals surface area (Å²) in [6, 6.07) is 8.84. The second-order valence-electron chi connectivity index (χ2n) is 5.53. The molecule has 2 amide bonds. The number of rotatable bonds is 5. The standard InChI is InChI=1S/C18H17F3N2O2/c1-11-3-5-13(6-4-11)23(12(2)24)10-9-16(25)22-15-8-7-14(19)17(20)18(15)21/h3-8H,9-10H2,1-2H3,(H,22,25). The molecule has 2 aromatic carbocycles. The van der Waals surface area contributed by atoms with Gasteiger partial charge in [-0.05, 0) is 31.2 Å². The lowest BCUT2D eigenvalue weighted by Crippen LogP contribution is -2.32. The molecule has 0 radical (unpaired) electrons.